The Morgan fingerprint density at radius 3 is 2.57 bits per heavy atom. The molecular weight excluding hydrogens is 286 g/mol. The molecule has 1 atom stereocenters. The third-order valence-electron chi connectivity index (χ3n) is 4.26. The van der Waals surface area contributed by atoms with Crippen LogP contribution >= 0.6 is 0 Å². The Bertz CT molecular complexity index is 711. The number of carbonyl (C=O) groups excluding carboxylic acids is 1. The smallest absolute Gasteiger partial charge is 0.318 e. The fraction of sp³-hybridized carbons (Fsp3) is 0.421. The van der Waals surface area contributed by atoms with Crippen LogP contribution in [0, 0.1) is 6.92 Å². The summed E-state index contributed by atoms with van der Waals surface area (Å²) in [5.41, 5.74) is 3.33. The first-order valence-electron chi connectivity index (χ1n) is 8.16. The number of nitrogens with one attached hydrogen (secondary N) is 1. The highest BCUT2D eigenvalue weighted by molar-refractivity contribution is 5.76. The van der Waals surface area contributed by atoms with Crippen LogP contribution in [0.3, 0.4) is 0 Å². The van der Waals surface area contributed by atoms with Crippen LogP contribution in [0.25, 0.3) is 0 Å². The van der Waals surface area contributed by atoms with Crippen molar-refractivity contribution >= 4 is 6.03 Å². The molecule has 0 saturated heterocycles. The van der Waals surface area contributed by atoms with Gasteiger partial charge in [0.15, 0.2) is 0 Å². The second-order valence-electron chi connectivity index (χ2n) is 7.26. The molecule has 0 aliphatic carbocycles. The molecule has 23 heavy (non-hydrogen) atoms. The van der Waals surface area contributed by atoms with E-state index in [4.69, 9.17) is 0 Å². The molecule has 0 bridgehead atoms. The van der Waals surface area contributed by atoms with E-state index < -0.39 is 0 Å². The lowest BCUT2D eigenvalue weighted by Crippen LogP contribution is -2.52. The maximum Gasteiger partial charge on any atom is 0.318 e. The van der Waals surface area contributed by atoms with E-state index in [1.807, 2.05) is 37.8 Å². The van der Waals surface area contributed by atoms with Crippen molar-refractivity contribution in [1.82, 2.24) is 14.8 Å². The van der Waals surface area contributed by atoms with Gasteiger partial charge >= 0.3 is 6.03 Å². The third-order valence-corrected chi connectivity index (χ3v) is 4.26. The molecule has 1 aliphatic rings. The quantitative estimate of drug-likeness (QED) is 0.856. The number of hydrogen-bond donors (Lipinski definition) is 1. The van der Waals surface area contributed by atoms with E-state index in [1.165, 1.54) is 16.8 Å². The fourth-order valence-corrected chi connectivity index (χ4v) is 3.22. The molecule has 4 heteroatoms. The molecule has 1 aromatic heterocycles. The van der Waals surface area contributed by atoms with Crippen molar-refractivity contribution in [2.24, 2.45) is 0 Å². The van der Waals surface area contributed by atoms with Gasteiger partial charge in [0, 0.05) is 30.5 Å². The number of carbonyl (C=O) groups is 1. The summed E-state index contributed by atoms with van der Waals surface area (Å²) in [4.78, 5) is 14.8. The van der Waals surface area contributed by atoms with Crippen LogP contribution in [-0.2, 0) is 6.54 Å². The standard InChI is InChI=1S/C19H25N3O/c1-14-8-5-6-9-15(14)17-16-10-7-11-21(16)12-13-22(17)18(23)20-19(2,3)4/h5-11,17H,12-13H2,1-4H3,(H,20,23)/t17-/m0/s1. The lowest BCUT2D eigenvalue weighted by atomic mass is 9.96. The minimum Gasteiger partial charge on any atom is -0.348 e. The molecule has 2 aromatic rings. The minimum absolute atomic E-state index is 0.00166. The summed E-state index contributed by atoms with van der Waals surface area (Å²) in [7, 11) is 0. The fourth-order valence-electron chi connectivity index (χ4n) is 3.22. The monoisotopic (exact) mass is 311 g/mol. The van der Waals surface area contributed by atoms with Crippen molar-refractivity contribution in [3.63, 3.8) is 0 Å². The molecule has 0 fully saturated rings. The third kappa shape index (κ3) is 3.11. The van der Waals surface area contributed by atoms with Crippen LogP contribution in [0.2, 0.25) is 0 Å². The van der Waals surface area contributed by atoms with Gasteiger partial charge in [0.1, 0.15) is 0 Å². The molecule has 2 amide bonds. The zero-order valence-electron chi connectivity index (χ0n) is 14.3. The van der Waals surface area contributed by atoms with Gasteiger partial charge in [0.2, 0.25) is 0 Å². The average molecular weight is 311 g/mol. The van der Waals surface area contributed by atoms with Crippen molar-refractivity contribution in [2.45, 2.75) is 45.8 Å². The Kier molecular flexibility index (Phi) is 3.92. The summed E-state index contributed by atoms with van der Waals surface area (Å²) in [6.45, 7) is 9.70. The number of aryl methyl sites for hydroxylation is 1. The molecule has 0 spiro atoms. The molecule has 1 aliphatic heterocycles. The number of benzene rings is 1. The van der Waals surface area contributed by atoms with Gasteiger partial charge in [-0.3, -0.25) is 0 Å². The maximum atomic E-state index is 12.8. The maximum absolute atomic E-state index is 12.8. The van der Waals surface area contributed by atoms with Crippen LogP contribution in [0.15, 0.2) is 42.6 Å². The van der Waals surface area contributed by atoms with Gasteiger partial charge < -0.3 is 14.8 Å². The number of amides is 2. The van der Waals surface area contributed by atoms with Crippen molar-refractivity contribution in [1.29, 1.82) is 0 Å². The van der Waals surface area contributed by atoms with E-state index in [1.54, 1.807) is 0 Å². The first kappa shape index (κ1) is 15.7. The molecule has 2 heterocycles. The second kappa shape index (κ2) is 5.76. The summed E-state index contributed by atoms with van der Waals surface area (Å²) in [6.07, 6.45) is 2.10. The Balaban J connectivity index is 2.02. The summed E-state index contributed by atoms with van der Waals surface area (Å²) in [6, 6.07) is 12.5. The second-order valence-corrected chi connectivity index (χ2v) is 7.26. The van der Waals surface area contributed by atoms with Gasteiger partial charge in [0.05, 0.1) is 6.04 Å². The van der Waals surface area contributed by atoms with Crippen LogP contribution in [-0.4, -0.2) is 27.6 Å². The lowest BCUT2D eigenvalue weighted by molar-refractivity contribution is 0.160. The van der Waals surface area contributed by atoms with Gasteiger partial charge in [0.25, 0.3) is 0 Å². The number of urea groups is 1. The van der Waals surface area contributed by atoms with Crippen molar-refractivity contribution < 1.29 is 4.79 Å². The predicted octanol–water partition coefficient (Wildman–Crippen LogP) is 3.71. The molecular formula is C19H25N3O. The molecule has 0 radical (unpaired) electrons. The molecule has 1 aromatic carbocycles. The highest BCUT2D eigenvalue weighted by Gasteiger charge is 2.34. The van der Waals surface area contributed by atoms with Gasteiger partial charge in [-0.05, 0) is 51.0 Å². The molecule has 122 valence electrons. The number of nitrogens with zero attached hydrogens (tertiary/aromatic N) is 2. The highest BCUT2D eigenvalue weighted by Crippen LogP contribution is 2.34. The first-order chi connectivity index (χ1) is 10.9. The topological polar surface area (TPSA) is 37.3 Å². The van der Waals surface area contributed by atoms with Crippen LogP contribution in [0.5, 0.6) is 0 Å². The minimum atomic E-state index is -0.243. The lowest BCUT2D eigenvalue weighted by Gasteiger charge is -2.39. The summed E-state index contributed by atoms with van der Waals surface area (Å²) >= 11 is 0. The van der Waals surface area contributed by atoms with Gasteiger partial charge in [-0.15, -0.1) is 0 Å². The van der Waals surface area contributed by atoms with E-state index >= 15 is 0 Å². The summed E-state index contributed by atoms with van der Waals surface area (Å²) < 4.78 is 2.25. The van der Waals surface area contributed by atoms with E-state index in [-0.39, 0.29) is 17.6 Å². The number of aromatic nitrogens is 1. The number of fused-ring (bicyclic) bond motifs is 1. The Hall–Kier alpha value is -2.23. The van der Waals surface area contributed by atoms with E-state index in [2.05, 4.69) is 47.3 Å². The van der Waals surface area contributed by atoms with Crippen LogP contribution < -0.4 is 5.32 Å². The SMILES string of the molecule is Cc1ccccc1[C@H]1c2cccn2CCN1C(=O)NC(C)(C)C. The molecule has 1 N–H and O–H groups in total. The number of hydrogen-bond acceptors (Lipinski definition) is 1. The predicted molar refractivity (Wildman–Crippen MR) is 92.4 cm³/mol. The largest absolute Gasteiger partial charge is 0.348 e. The van der Waals surface area contributed by atoms with E-state index in [0.29, 0.717) is 6.54 Å². The van der Waals surface area contributed by atoms with Crippen molar-refractivity contribution in [3.8, 4) is 0 Å². The normalized spacial score (nSPS) is 17.7. The first-order valence-corrected chi connectivity index (χ1v) is 8.16. The van der Waals surface area contributed by atoms with Crippen LogP contribution in [0.1, 0.15) is 43.6 Å². The van der Waals surface area contributed by atoms with Crippen molar-refractivity contribution in [2.75, 3.05) is 6.54 Å². The average Bonchev–Trinajstić information content (AvgIpc) is 2.93. The van der Waals surface area contributed by atoms with Gasteiger partial charge in [-0.2, -0.15) is 0 Å². The molecule has 3 rings (SSSR count). The molecule has 0 saturated carbocycles. The van der Waals surface area contributed by atoms with Gasteiger partial charge in [-0.25, -0.2) is 4.79 Å². The molecule has 0 unspecified atom stereocenters. The summed E-state index contributed by atoms with van der Waals surface area (Å²) in [5, 5.41) is 3.11. The van der Waals surface area contributed by atoms with Crippen molar-refractivity contribution in [3.05, 3.63) is 59.4 Å². The van der Waals surface area contributed by atoms with Crippen LogP contribution in [0.4, 0.5) is 4.79 Å². The molecule has 4 nitrogen and oxygen atoms in total. The highest BCUT2D eigenvalue weighted by atomic mass is 16.2. The number of rotatable bonds is 1. The Morgan fingerprint density at radius 2 is 1.87 bits per heavy atom. The van der Waals surface area contributed by atoms with Gasteiger partial charge in [-0.1, -0.05) is 24.3 Å². The van der Waals surface area contributed by atoms with E-state index in [9.17, 15) is 4.79 Å². The summed E-state index contributed by atoms with van der Waals surface area (Å²) in [5.74, 6) is 0. The zero-order valence-corrected chi connectivity index (χ0v) is 14.3. The van der Waals surface area contributed by atoms with E-state index in [0.717, 1.165) is 6.54 Å². The Morgan fingerprint density at radius 1 is 1.13 bits per heavy atom. The zero-order chi connectivity index (χ0) is 16.6. The Labute approximate surface area is 138 Å².